The molecule has 158 valence electrons. The monoisotopic (exact) mass is 449 g/mol. The third kappa shape index (κ3) is 5.00. The second-order valence-corrected chi connectivity index (χ2v) is 9.43. The summed E-state index contributed by atoms with van der Waals surface area (Å²) in [6, 6.07) is 14.4. The van der Waals surface area contributed by atoms with Crippen LogP contribution in [0.25, 0.3) is 11.3 Å². The fourth-order valence-electron chi connectivity index (χ4n) is 3.32. The van der Waals surface area contributed by atoms with Crippen LogP contribution in [0.5, 0.6) is 0 Å². The molecule has 0 aliphatic rings. The zero-order valence-corrected chi connectivity index (χ0v) is 19.0. The Morgan fingerprint density at radius 1 is 1.10 bits per heavy atom. The molecule has 0 unspecified atom stereocenters. The van der Waals surface area contributed by atoms with Crippen molar-refractivity contribution in [2.75, 3.05) is 4.90 Å². The lowest BCUT2D eigenvalue weighted by Gasteiger charge is -2.22. The van der Waals surface area contributed by atoms with Crippen molar-refractivity contribution >= 4 is 33.8 Å². The number of carboxylic acid groups (broad SMARTS) is 1. The van der Waals surface area contributed by atoms with Gasteiger partial charge in [-0.3, -0.25) is 4.98 Å². The largest absolute Gasteiger partial charge is 0.478 e. The van der Waals surface area contributed by atoms with Gasteiger partial charge >= 0.3 is 5.97 Å². The summed E-state index contributed by atoms with van der Waals surface area (Å²) in [7, 11) is 0. The first-order valence-corrected chi connectivity index (χ1v) is 11.8. The Hall–Kier alpha value is -3.03. The van der Waals surface area contributed by atoms with Gasteiger partial charge in [-0.25, -0.2) is 9.78 Å². The summed E-state index contributed by atoms with van der Waals surface area (Å²) in [6.07, 6.45) is 3.04. The predicted molar refractivity (Wildman–Crippen MR) is 127 cm³/mol. The lowest BCUT2D eigenvalue weighted by atomic mass is 10.0. The summed E-state index contributed by atoms with van der Waals surface area (Å²) in [4.78, 5) is 23.8. The van der Waals surface area contributed by atoms with Gasteiger partial charge in [0.05, 0.1) is 17.8 Å². The minimum Gasteiger partial charge on any atom is -0.478 e. The first-order chi connectivity index (χ1) is 15.0. The molecule has 7 heteroatoms. The molecule has 0 radical (unpaired) electrons. The van der Waals surface area contributed by atoms with Crippen molar-refractivity contribution in [1.82, 2.24) is 9.97 Å². The number of benzene rings is 1. The fourth-order valence-corrected chi connectivity index (χ4v) is 4.88. The zero-order chi connectivity index (χ0) is 21.8. The number of thiophene rings is 1. The smallest absolute Gasteiger partial charge is 0.337 e. The van der Waals surface area contributed by atoms with E-state index in [1.165, 1.54) is 16.6 Å². The summed E-state index contributed by atoms with van der Waals surface area (Å²) in [6.45, 7) is 5.48. The number of hydrogen-bond donors (Lipinski definition) is 1. The lowest BCUT2D eigenvalue weighted by Crippen LogP contribution is -2.23. The lowest BCUT2D eigenvalue weighted by molar-refractivity contribution is 0.0695. The van der Waals surface area contributed by atoms with E-state index >= 15 is 0 Å². The van der Waals surface area contributed by atoms with E-state index < -0.39 is 5.97 Å². The van der Waals surface area contributed by atoms with Gasteiger partial charge in [0, 0.05) is 34.8 Å². The molecule has 0 aliphatic heterocycles. The molecule has 0 atom stereocenters. The molecule has 0 saturated carbocycles. The maximum atomic E-state index is 11.7. The average Bonchev–Trinajstić information content (AvgIpc) is 3.46. The third-order valence-corrected chi connectivity index (χ3v) is 6.83. The molecule has 31 heavy (non-hydrogen) atoms. The Balaban J connectivity index is 1.64. The molecule has 0 amide bonds. The van der Waals surface area contributed by atoms with E-state index in [0.717, 1.165) is 22.0 Å². The highest BCUT2D eigenvalue weighted by Crippen LogP contribution is 2.31. The van der Waals surface area contributed by atoms with Crippen molar-refractivity contribution < 1.29 is 9.90 Å². The van der Waals surface area contributed by atoms with Crippen molar-refractivity contribution in [3.8, 4) is 11.3 Å². The summed E-state index contributed by atoms with van der Waals surface area (Å²) in [5.74, 6) is -0.477. The molecular weight excluding hydrogens is 426 g/mol. The van der Waals surface area contributed by atoms with Crippen LogP contribution in [-0.4, -0.2) is 21.0 Å². The molecule has 5 nitrogen and oxygen atoms in total. The van der Waals surface area contributed by atoms with Gasteiger partial charge in [-0.2, -0.15) is 0 Å². The Morgan fingerprint density at radius 3 is 2.58 bits per heavy atom. The molecule has 4 rings (SSSR count). The number of hydrogen-bond acceptors (Lipinski definition) is 6. The van der Waals surface area contributed by atoms with E-state index in [2.05, 4.69) is 59.4 Å². The summed E-state index contributed by atoms with van der Waals surface area (Å²) in [5.41, 5.74) is 4.26. The normalized spacial score (nSPS) is 11.1. The van der Waals surface area contributed by atoms with Crippen LogP contribution in [0.1, 0.15) is 46.1 Å². The maximum absolute atomic E-state index is 11.7. The SMILES string of the molecule is CC(C)c1ccc(-c2csc(N(Cc3cccs3)Cc3ccncc3C(=O)O)n2)cc1. The van der Waals surface area contributed by atoms with Crippen LogP contribution in [0, 0.1) is 0 Å². The molecule has 1 N–H and O–H groups in total. The Morgan fingerprint density at radius 2 is 1.90 bits per heavy atom. The molecule has 0 fully saturated rings. The Labute approximate surface area is 189 Å². The molecule has 4 aromatic rings. The van der Waals surface area contributed by atoms with Crippen LogP contribution in [0.15, 0.2) is 65.6 Å². The van der Waals surface area contributed by atoms with E-state index in [1.54, 1.807) is 34.9 Å². The second-order valence-electron chi connectivity index (χ2n) is 7.57. The topological polar surface area (TPSA) is 66.3 Å². The average molecular weight is 450 g/mol. The number of nitrogens with zero attached hydrogens (tertiary/aromatic N) is 3. The highest BCUT2D eigenvalue weighted by Gasteiger charge is 2.18. The zero-order valence-electron chi connectivity index (χ0n) is 17.4. The van der Waals surface area contributed by atoms with Gasteiger partial charge in [-0.1, -0.05) is 44.2 Å². The van der Waals surface area contributed by atoms with Crippen LogP contribution in [0.4, 0.5) is 5.13 Å². The summed E-state index contributed by atoms with van der Waals surface area (Å²) < 4.78 is 0. The molecule has 0 spiro atoms. The van der Waals surface area contributed by atoms with Crippen molar-refractivity contribution in [2.45, 2.75) is 32.9 Å². The Bertz CT molecular complexity index is 1150. The molecule has 0 aliphatic carbocycles. The van der Waals surface area contributed by atoms with E-state index in [-0.39, 0.29) is 5.56 Å². The van der Waals surface area contributed by atoms with Crippen LogP contribution >= 0.6 is 22.7 Å². The standard InChI is InChI=1S/C24H23N3O2S2/c1-16(2)17-5-7-18(8-6-17)22-15-31-24(26-22)27(14-20-4-3-11-30-20)13-19-9-10-25-12-21(19)23(28)29/h3-12,15-16H,13-14H2,1-2H3,(H,28,29). The Kier molecular flexibility index (Phi) is 6.44. The second kappa shape index (κ2) is 9.41. The van der Waals surface area contributed by atoms with Crippen molar-refractivity contribution in [1.29, 1.82) is 0 Å². The van der Waals surface area contributed by atoms with E-state index in [1.807, 2.05) is 11.4 Å². The number of pyridine rings is 1. The first-order valence-electron chi connectivity index (χ1n) is 10.0. The van der Waals surface area contributed by atoms with Crippen LogP contribution in [-0.2, 0) is 13.1 Å². The van der Waals surface area contributed by atoms with E-state index in [0.29, 0.717) is 19.0 Å². The van der Waals surface area contributed by atoms with Gasteiger partial charge in [-0.15, -0.1) is 22.7 Å². The van der Waals surface area contributed by atoms with Gasteiger partial charge in [0.1, 0.15) is 0 Å². The van der Waals surface area contributed by atoms with Gasteiger partial charge in [-0.05, 0) is 34.6 Å². The quantitative estimate of drug-likeness (QED) is 0.342. The molecule has 3 heterocycles. The predicted octanol–water partition coefficient (Wildman–Crippen LogP) is 6.30. The van der Waals surface area contributed by atoms with Gasteiger partial charge in [0.25, 0.3) is 0 Å². The molecular formula is C24H23N3O2S2. The van der Waals surface area contributed by atoms with E-state index in [9.17, 15) is 9.90 Å². The fraction of sp³-hybridized carbons (Fsp3) is 0.208. The number of thiazole rings is 1. The number of rotatable bonds is 8. The summed E-state index contributed by atoms with van der Waals surface area (Å²) in [5, 5.41) is 14.5. The van der Waals surface area contributed by atoms with Crippen LogP contribution < -0.4 is 4.90 Å². The van der Waals surface area contributed by atoms with E-state index in [4.69, 9.17) is 4.98 Å². The number of carbonyl (C=O) groups is 1. The first kappa shape index (κ1) is 21.2. The molecule has 0 bridgehead atoms. The molecule has 3 aromatic heterocycles. The molecule has 0 saturated heterocycles. The minimum atomic E-state index is -0.968. The highest BCUT2D eigenvalue weighted by molar-refractivity contribution is 7.14. The van der Waals surface area contributed by atoms with Crippen molar-refractivity contribution in [3.63, 3.8) is 0 Å². The highest BCUT2D eigenvalue weighted by atomic mass is 32.1. The number of anilines is 1. The van der Waals surface area contributed by atoms with Gasteiger partial charge in [0.2, 0.25) is 0 Å². The minimum absolute atomic E-state index is 0.222. The third-order valence-electron chi connectivity index (χ3n) is 5.07. The van der Waals surface area contributed by atoms with Gasteiger partial charge < -0.3 is 10.0 Å². The maximum Gasteiger partial charge on any atom is 0.337 e. The number of aromatic carboxylic acids is 1. The van der Waals surface area contributed by atoms with Crippen LogP contribution in [0.2, 0.25) is 0 Å². The molecule has 1 aromatic carbocycles. The van der Waals surface area contributed by atoms with Crippen molar-refractivity contribution in [3.05, 3.63) is 87.2 Å². The van der Waals surface area contributed by atoms with Gasteiger partial charge in [0.15, 0.2) is 5.13 Å². The van der Waals surface area contributed by atoms with Crippen molar-refractivity contribution in [2.24, 2.45) is 0 Å². The number of carboxylic acids is 1. The summed E-state index contributed by atoms with van der Waals surface area (Å²) >= 11 is 3.26. The van der Waals surface area contributed by atoms with Crippen LogP contribution in [0.3, 0.4) is 0 Å². The number of aromatic nitrogens is 2.